The van der Waals surface area contributed by atoms with Gasteiger partial charge in [0, 0.05) is 5.56 Å². The van der Waals surface area contributed by atoms with Crippen molar-refractivity contribution in [1.29, 1.82) is 0 Å². The second kappa shape index (κ2) is 5.65. The number of methoxy groups -OCH3 is 2. The van der Waals surface area contributed by atoms with E-state index >= 15 is 0 Å². The number of hydrogen-bond acceptors (Lipinski definition) is 3. The van der Waals surface area contributed by atoms with Crippen LogP contribution in [0.15, 0.2) is 36.4 Å². The van der Waals surface area contributed by atoms with Gasteiger partial charge < -0.3 is 14.6 Å². The second-order valence-electron chi connectivity index (χ2n) is 4.35. The summed E-state index contributed by atoms with van der Waals surface area (Å²) in [6, 6.07) is 10.6. The maximum atomic E-state index is 11.2. The number of benzene rings is 2. The molecule has 0 unspecified atom stereocenters. The van der Waals surface area contributed by atoms with E-state index in [0.717, 1.165) is 11.1 Å². The fourth-order valence-electron chi connectivity index (χ4n) is 2.18. The third-order valence-electron chi connectivity index (χ3n) is 3.26. The van der Waals surface area contributed by atoms with Gasteiger partial charge in [-0.1, -0.05) is 12.1 Å². The number of ether oxygens (including phenoxy) is 2. The third-order valence-corrected chi connectivity index (χ3v) is 3.26. The lowest BCUT2D eigenvalue weighted by molar-refractivity contribution is 0.0696. The lowest BCUT2D eigenvalue weighted by Gasteiger charge is -2.14. The van der Waals surface area contributed by atoms with E-state index in [9.17, 15) is 9.90 Å². The van der Waals surface area contributed by atoms with Gasteiger partial charge in [-0.05, 0) is 42.3 Å². The van der Waals surface area contributed by atoms with Crippen molar-refractivity contribution in [2.24, 2.45) is 0 Å². The minimum Gasteiger partial charge on any atom is -0.497 e. The predicted octanol–water partition coefficient (Wildman–Crippen LogP) is 3.38. The lowest BCUT2D eigenvalue weighted by Crippen LogP contribution is -2.01. The summed E-state index contributed by atoms with van der Waals surface area (Å²) in [7, 11) is 3.17. The number of aromatic carboxylic acids is 1. The quantitative estimate of drug-likeness (QED) is 0.927. The minimum atomic E-state index is -0.939. The van der Waals surface area contributed by atoms with E-state index in [1.54, 1.807) is 45.4 Å². The molecular formula is C16H16O4. The van der Waals surface area contributed by atoms with E-state index in [-0.39, 0.29) is 5.56 Å². The molecule has 2 rings (SSSR count). The first-order valence-electron chi connectivity index (χ1n) is 6.13. The van der Waals surface area contributed by atoms with Gasteiger partial charge in [-0.25, -0.2) is 4.79 Å². The average molecular weight is 272 g/mol. The largest absolute Gasteiger partial charge is 0.497 e. The number of carbonyl (C=O) groups is 1. The van der Waals surface area contributed by atoms with E-state index in [1.807, 2.05) is 12.1 Å². The van der Waals surface area contributed by atoms with Gasteiger partial charge in [0.15, 0.2) is 0 Å². The standard InChI is InChI=1S/C16H16O4/c1-10-12(5-4-6-13(10)16(17)18)14-9-11(19-2)7-8-15(14)20-3/h4-9H,1-3H3,(H,17,18). The van der Waals surface area contributed by atoms with Crippen LogP contribution in [0.2, 0.25) is 0 Å². The van der Waals surface area contributed by atoms with E-state index in [1.165, 1.54) is 0 Å². The van der Waals surface area contributed by atoms with E-state index in [2.05, 4.69) is 0 Å². The fraction of sp³-hybridized carbons (Fsp3) is 0.188. The Morgan fingerprint density at radius 2 is 1.80 bits per heavy atom. The van der Waals surface area contributed by atoms with Crippen LogP contribution in [0.5, 0.6) is 11.5 Å². The SMILES string of the molecule is COc1ccc(OC)c(-c2cccc(C(=O)O)c2C)c1. The lowest BCUT2D eigenvalue weighted by atomic mass is 9.95. The van der Waals surface area contributed by atoms with E-state index in [4.69, 9.17) is 9.47 Å². The maximum Gasteiger partial charge on any atom is 0.335 e. The van der Waals surface area contributed by atoms with Gasteiger partial charge in [0.25, 0.3) is 0 Å². The highest BCUT2D eigenvalue weighted by Crippen LogP contribution is 2.36. The van der Waals surface area contributed by atoms with Crippen LogP contribution in [0, 0.1) is 6.92 Å². The summed E-state index contributed by atoms with van der Waals surface area (Å²) in [5.74, 6) is 0.434. The van der Waals surface area contributed by atoms with Gasteiger partial charge in [-0.2, -0.15) is 0 Å². The van der Waals surface area contributed by atoms with Crippen LogP contribution < -0.4 is 9.47 Å². The smallest absolute Gasteiger partial charge is 0.335 e. The topological polar surface area (TPSA) is 55.8 Å². The van der Waals surface area contributed by atoms with Crippen LogP contribution in [0.3, 0.4) is 0 Å². The summed E-state index contributed by atoms with van der Waals surface area (Å²) in [4.78, 5) is 11.2. The molecule has 0 saturated carbocycles. The number of hydrogen-bond donors (Lipinski definition) is 1. The zero-order valence-corrected chi connectivity index (χ0v) is 11.6. The average Bonchev–Trinajstić information content (AvgIpc) is 2.46. The molecule has 4 heteroatoms. The van der Waals surface area contributed by atoms with E-state index < -0.39 is 5.97 Å². The van der Waals surface area contributed by atoms with Gasteiger partial charge in [-0.3, -0.25) is 0 Å². The number of carboxylic acid groups (broad SMARTS) is 1. The first kappa shape index (κ1) is 13.9. The maximum absolute atomic E-state index is 11.2. The van der Waals surface area contributed by atoms with Crippen LogP contribution in [0.25, 0.3) is 11.1 Å². The van der Waals surface area contributed by atoms with Crippen molar-refractivity contribution >= 4 is 5.97 Å². The zero-order chi connectivity index (χ0) is 14.7. The van der Waals surface area contributed by atoms with Crippen molar-refractivity contribution in [1.82, 2.24) is 0 Å². The molecule has 0 spiro atoms. The van der Waals surface area contributed by atoms with Gasteiger partial charge in [0.1, 0.15) is 11.5 Å². The Bertz CT molecular complexity index is 647. The molecule has 1 N–H and O–H groups in total. The van der Waals surface area contributed by atoms with Crippen molar-refractivity contribution in [3.63, 3.8) is 0 Å². The third kappa shape index (κ3) is 2.45. The Morgan fingerprint density at radius 3 is 2.40 bits per heavy atom. The van der Waals surface area contributed by atoms with Gasteiger partial charge in [0.2, 0.25) is 0 Å². The Kier molecular flexibility index (Phi) is 3.94. The highest BCUT2D eigenvalue weighted by atomic mass is 16.5. The monoisotopic (exact) mass is 272 g/mol. The number of rotatable bonds is 4. The Morgan fingerprint density at radius 1 is 1.05 bits per heavy atom. The Labute approximate surface area is 117 Å². The molecule has 0 saturated heterocycles. The van der Waals surface area contributed by atoms with Crippen molar-refractivity contribution in [3.8, 4) is 22.6 Å². The molecule has 104 valence electrons. The summed E-state index contributed by atoms with van der Waals surface area (Å²) in [5, 5.41) is 9.21. The Hall–Kier alpha value is -2.49. The number of carboxylic acids is 1. The van der Waals surface area contributed by atoms with E-state index in [0.29, 0.717) is 17.1 Å². The molecule has 2 aromatic rings. The molecule has 0 aromatic heterocycles. The summed E-state index contributed by atoms with van der Waals surface area (Å²) < 4.78 is 10.6. The summed E-state index contributed by atoms with van der Waals surface area (Å²) in [6.45, 7) is 1.79. The molecule has 0 bridgehead atoms. The Balaban J connectivity index is 2.67. The van der Waals surface area contributed by atoms with Crippen LogP contribution in [-0.2, 0) is 0 Å². The first-order chi connectivity index (χ1) is 9.58. The molecule has 4 nitrogen and oxygen atoms in total. The molecule has 2 aromatic carbocycles. The first-order valence-corrected chi connectivity index (χ1v) is 6.13. The van der Waals surface area contributed by atoms with Gasteiger partial charge in [-0.15, -0.1) is 0 Å². The molecule has 20 heavy (non-hydrogen) atoms. The van der Waals surface area contributed by atoms with Crippen molar-refractivity contribution in [2.75, 3.05) is 14.2 Å². The normalized spacial score (nSPS) is 10.2. The molecular weight excluding hydrogens is 256 g/mol. The summed E-state index contributed by atoms with van der Waals surface area (Å²) in [5.41, 5.74) is 2.62. The molecule has 0 aliphatic heterocycles. The molecule has 0 aliphatic carbocycles. The molecule has 0 radical (unpaired) electrons. The van der Waals surface area contributed by atoms with Crippen LogP contribution >= 0.6 is 0 Å². The minimum absolute atomic E-state index is 0.285. The van der Waals surface area contributed by atoms with Crippen molar-refractivity contribution in [2.45, 2.75) is 6.92 Å². The molecule has 0 amide bonds. The molecule has 0 heterocycles. The zero-order valence-electron chi connectivity index (χ0n) is 11.6. The molecule has 0 atom stereocenters. The van der Waals surface area contributed by atoms with Gasteiger partial charge >= 0.3 is 5.97 Å². The summed E-state index contributed by atoms with van der Waals surface area (Å²) in [6.07, 6.45) is 0. The molecule has 0 fully saturated rings. The van der Waals surface area contributed by atoms with Crippen LogP contribution in [0.1, 0.15) is 15.9 Å². The van der Waals surface area contributed by atoms with Crippen molar-refractivity contribution in [3.05, 3.63) is 47.5 Å². The van der Waals surface area contributed by atoms with Crippen LogP contribution in [0.4, 0.5) is 0 Å². The van der Waals surface area contributed by atoms with Crippen molar-refractivity contribution < 1.29 is 19.4 Å². The van der Waals surface area contributed by atoms with Crippen LogP contribution in [-0.4, -0.2) is 25.3 Å². The predicted molar refractivity (Wildman–Crippen MR) is 76.7 cm³/mol. The highest BCUT2D eigenvalue weighted by molar-refractivity contribution is 5.92. The van der Waals surface area contributed by atoms with Gasteiger partial charge in [0.05, 0.1) is 19.8 Å². The highest BCUT2D eigenvalue weighted by Gasteiger charge is 2.15. The molecule has 0 aliphatic rings. The summed E-state index contributed by atoms with van der Waals surface area (Å²) >= 11 is 0. The fourth-order valence-corrected chi connectivity index (χ4v) is 2.18. The second-order valence-corrected chi connectivity index (χ2v) is 4.35.